The molecule has 1 unspecified atom stereocenters. The van der Waals surface area contributed by atoms with Crippen molar-refractivity contribution in [1.82, 2.24) is 15.2 Å². The highest BCUT2D eigenvalue weighted by molar-refractivity contribution is 5.85. The van der Waals surface area contributed by atoms with E-state index < -0.39 is 0 Å². The van der Waals surface area contributed by atoms with Crippen LogP contribution >= 0.6 is 24.8 Å². The number of halogens is 2. The molecule has 110 valence electrons. The van der Waals surface area contributed by atoms with Crippen molar-refractivity contribution >= 4 is 24.8 Å². The van der Waals surface area contributed by atoms with Gasteiger partial charge in [0.1, 0.15) is 0 Å². The van der Waals surface area contributed by atoms with Crippen molar-refractivity contribution in [2.45, 2.75) is 26.3 Å². The molecule has 0 bridgehead atoms. The Labute approximate surface area is 129 Å². The predicted octanol–water partition coefficient (Wildman–Crippen LogP) is 2.92. The monoisotopic (exact) mass is 305 g/mol. The van der Waals surface area contributed by atoms with Crippen LogP contribution in [0.25, 0.3) is 0 Å². The molecular formula is C14H25Cl2N3. The lowest BCUT2D eigenvalue weighted by Gasteiger charge is -2.38. The van der Waals surface area contributed by atoms with E-state index in [2.05, 4.69) is 35.1 Å². The van der Waals surface area contributed by atoms with Crippen LogP contribution < -0.4 is 5.32 Å². The Morgan fingerprint density at radius 2 is 2.00 bits per heavy atom. The Kier molecular flexibility index (Phi) is 9.36. The summed E-state index contributed by atoms with van der Waals surface area (Å²) in [6.45, 7) is 9.12. The first-order valence-corrected chi connectivity index (χ1v) is 6.67. The van der Waals surface area contributed by atoms with Crippen molar-refractivity contribution in [3.8, 4) is 0 Å². The summed E-state index contributed by atoms with van der Waals surface area (Å²) in [5.74, 6) is 0.678. The molecule has 0 radical (unpaired) electrons. The van der Waals surface area contributed by atoms with Gasteiger partial charge < -0.3 is 5.32 Å². The third kappa shape index (κ3) is 4.92. The molecule has 0 aliphatic carbocycles. The molecule has 3 nitrogen and oxygen atoms in total. The lowest BCUT2D eigenvalue weighted by molar-refractivity contribution is 0.128. The van der Waals surface area contributed by atoms with Crippen molar-refractivity contribution in [1.29, 1.82) is 0 Å². The lowest BCUT2D eigenvalue weighted by atomic mass is 9.91. The molecule has 19 heavy (non-hydrogen) atoms. The third-order valence-corrected chi connectivity index (χ3v) is 3.75. The van der Waals surface area contributed by atoms with Crippen LogP contribution in [-0.2, 0) is 0 Å². The number of pyridine rings is 1. The van der Waals surface area contributed by atoms with Crippen molar-refractivity contribution in [2.75, 3.05) is 26.2 Å². The molecule has 0 amide bonds. The van der Waals surface area contributed by atoms with Crippen LogP contribution in [0.5, 0.6) is 0 Å². The summed E-state index contributed by atoms with van der Waals surface area (Å²) in [6.07, 6.45) is 5.09. The fraction of sp³-hybridized carbons (Fsp3) is 0.643. The molecule has 0 saturated carbocycles. The molecule has 2 atom stereocenters. The minimum Gasteiger partial charge on any atom is -0.314 e. The first-order chi connectivity index (χ1) is 8.33. The molecule has 1 aliphatic rings. The number of nitrogens with one attached hydrogen (secondary N) is 1. The second-order valence-corrected chi connectivity index (χ2v) is 4.90. The molecule has 2 heterocycles. The summed E-state index contributed by atoms with van der Waals surface area (Å²) in [7, 11) is 0. The number of nitrogens with zero attached hydrogens (tertiary/aromatic N) is 2. The molecule has 0 aromatic carbocycles. The minimum absolute atomic E-state index is 0. The molecule has 1 aromatic rings. The van der Waals surface area contributed by atoms with Crippen LogP contribution in [0.3, 0.4) is 0 Å². The topological polar surface area (TPSA) is 28.2 Å². The predicted molar refractivity (Wildman–Crippen MR) is 85.4 cm³/mol. The quantitative estimate of drug-likeness (QED) is 0.927. The van der Waals surface area contributed by atoms with E-state index in [4.69, 9.17) is 0 Å². The molecule has 1 fully saturated rings. The highest BCUT2D eigenvalue weighted by Crippen LogP contribution is 2.30. The molecule has 1 saturated heterocycles. The van der Waals surface area contributed by atoms with Crippen LogP contribution in [0.1, 0.15) is 31.9 Å². The van der Waals surface area contributed by atoms with Crippen molar-refractivity contribution in [3.05, 3.63) is 30.1 Å². The summed E-state index contributed by atoms with van der Waals surface area (Å²) in [5.41, 5.74) is 1.36. The summed E-state index contributed by atoms with van der Waals surface area (Å²) in [4.78, 5) is 6.87. The van der Waals surface area contributed by atoms with Gasteiger partial charge in [0, 0.05) is 44.6 Å². The fourth-order valence-electron chi connectivity index (χ4n) is 2.63. The number of hydrogen-bond acceptors (Lipinski definition) is 3. The normalized spacial score (nSPS) is 18.8. The SMILES string of the molecule is CCC(C)[C@@H](c1cccnc1)N1CCNCC1.Cl.Cl. The summed E-state index contributed by atoms with van der Waals surface area (Å²) < 4.78 is 0. The number of hydrogen-bond donors (Lipinski definition) is 1. The van der Waals surface area contributed by atoms with Gasteiger partial charge in [-0.3, -0.25) is 9.88 Å². The van der Waals surface area contributed by atoms with Crippen LogP contribution in [0, 0.1) is 5.92 Å². The molecular weight excluding hydrogens is 281 g/mol. The van der Waals surface area contributed by atoms with Gasteiger partial charge in [0.2, 0.25) is 0 Å². The lowest BCUT2D eigenvalue weighted by Crippen LogP contribution is -2.46. The highest BCUT2D eigenvalue weighted by Gasteiger charge is 2.26. The number of aromatic nitrogens is 1. The summed E-state index contributed by atoms with van der Waals surface area (Å²) in [6, 6.07) is 4.79. The van der Waals surface area contributed by atoms with E-state index in [-0.39, 0.29) is 24.8 Å². The van der Waals surface area contributed by atoms with E-state index in [1.54, 1.807) is 0 Å². The zero-order valence-electron chi connectivity index (χ0n) is 11.7. The van der Waals surface area contributed by atoms with Gasteiger partial charge in [-0.25, -0.2) is 0 Å². The van der Waals surface area contributed by atoms with Crippen molar-refractivity contribution < 1.29 is 0 Å². The molecule has 0 spiro atoms. The highest BCUT2D eigenvalue weighted by atomic mass is 35.5. The Morgan fingerprint density at radius 1 is 1.32 bits per heavy atom. The Bertz CT molecular complexity index is 329. The van der Waals surface area contributed by atoms with Crippen molar-refractivity contribution in [3.63, 3.8) is 0 Å². The Balaban J connectivity index is 0.00000162. The van der Waals surface area contributed by atoms with Crippen molar-refractivity contribution in [2.24, 2.45) is 5.92 Å². The first kappa shape index (κ1) is 18.7. The molecule has 1 aromatic heterocycles. The number of piperazine rings is 1. The maximum absolute atomic E-state index is 4.27. The maximum Gasteiger partial charge on any atom is 0.0389 e. The molecule has 5 heteroatoms. The second-order valence-electron chi connectivity index (χ2n) is 4.90. The third-order valence-electron chi connectivity index (χ3n) is 3.75. The van der Waals surface area contributed by atoms with E-state index in [9.17, 15) is 0 Å². The van der Waals surface area contributed by atoms with Gasteiger partial charge in [-0.05, 0) is 17.5 Å². The van der Waals surface area contributed by atoms with E-state index in [0.29, 0.717) is 12.0 Å². The van der Waals surface area contributed by atoms with Gasteiger partial charge in [0.05, 0.1) is 0 Å². The Morgan fingerprint density at radius 3 is 2.53 bits per heavy atom. The largest absolute Gasteiger partial charge is 0.314 e. The van der Waals surface area contributed by atoms with Gasteiger partial charge in [0.15, 0.2) is 0 Å². The molecule has 2 rings (SSSR count). The number of rotatable bonds is 4. The zero-order valence-corrected chi connectivity index (χ0v) is 13.3. The van der Waals surface area contributed by atoms with Gasteiger partial charge >= 0.3 is 0 Å². The zero-order chi connectivity index (χ0) is 12.1. The minimum atomic E-state index is 0. The molecule has 1 aliphatic heterocycles. The fourth-order valence-corrected chi connectivity index (χ4v) is 2.63. The van der Waals surface area contributed by atoms with E-state index in [1.165, 1.54) is 12.0 Å². The maximum atomic E-state index is 4.27. The Hall–Kier alpha value is -0.350. The van der Waals surface area contributed by atoms with Crippen LogP contribution in [0.2, 0.25) is 0 Å². The second kappa shape index (κ2) is 9.54. The van der Waals surface area contributed by atoms with Gasteiger partial charge in [0.25, 0.3) is 0 Å². The van der Waals surface area contributed by atoms with E-state index in [0.717, 1.165) is 26.2 Å². The molecule has 1 N–H and O–H groups in total. The average molecular weight is 306 g/mol. The smallest absolute Gasteiger partial charge is 0.0389 e. The van der Waals surface area contributed by atoms with Gasteiger partial charge in [-0.1, -0.05) is 26.3 Å². The van der Waals surface area contributed by atoms with Gasteiger partial charge in [-0.15, -0.1) is 24.8 Å². The van der Waals surface area contributed by atoms with E-state index in [1.807, 2.05) is 18.5 Å². The summed E-state index contributed by atoms with van der Waals surface area (Å²) >= 11 is 0. The first-order valence-electron chi connectivity index (χ1n) is 6.67. The van der Waals surface area contributed by atoms with Gasteiger partial charge in [-0.2, -0.15) is 0 Å². The van der Waals surface area contributed by atoms with Crippen LogP contribution in [0.15, 0.2) is 24.5 Å². The standard InChI is InChI=1S/C14H23N3.2ClH/c1-3-12(2)14(13-5-4-6-16-11-13)17-9-7-15-8-10-17;;/h4-6,11-12,14-15H,3,7-10H2,1-2H3;2*1H/t12?,14-;;/m0../s1. The summed E-state index contributed by atoms with van der Waals surface area (Å²) in [5, 5.41) is 3.42. The van der Waals surface area contributed by atoms with Crippen LogP contribution in [0.4, 0.5) is 0 Å². The average Bonchev–Trinajstić information content (AvgIpc) is 2.41. The van der Waals surface area contributed by atoms with Crippen LogP contribution in [-0.4, -0.2) is 36.1 Å². The van der Waals surface area contributed by atoms with E-state index >= 15 is 0 Å².